The van der Waals surface area contributed by atoms with Crippen LogP contribution in [0.25, 0.3) is 11.1 Å². The van der Waals surface area contributed by atoms with Gasteiger partial charge in [0.15, 0.2) is 5.78 Å². The Kier molecular flexibility index (Phi) is 6.10. The minimum absolute atomic E-state index is 0.0926. The van der Waals surface area contributed by atoms with Crippen molar-refractivity contribution in [3.8, 4) is 16.9 Å². The van der Waals surface area contributed by atoms with Gasteiger partial charge in [-0.25, -0.2) is 17.5 Å². The van der Waals surface area contributed by atoms with Crippen LogP contribution in [-0.4, -0.2) is 27.9 Å². The van der Waals surface area contributed by atoms with Crippen LogP contribution in [0.15, 0.2) is 71.6 Å². The highest BCUT2D eigenvalue weighted by Crippen LogP contribution is 2.26. The zero-order valence-corrected chi connectivity index (χ0v) is 16.8. The van der Waals surface area contributed by atoms with Gasteiger partial charge in [-0.15, -0.1) is 0 Å². The third-order valence-electron chi connectivity index (χ3n) is 4.44. The highest BCUT2D eigenvalue weighted by molar-refractivity contribution is 7.89. The van der Waals surface area contributed by atoms with Gasteiger partial charge in [-0.2, -0.15) is 0 Å². The summed E-state index contributed by atoms with van der Waals surface area (Å²) < 4.78 is 47.0. The van der Waals surface area contributed by atoms with Gasteiger partial charge in [-0.1, -0.05) is 42.5 Å². The van der Waals surface area contributed by atoms with E-state index in [9.17, 15) is 17.6 Å². The lowest BCUT2D eigenvalue weighted by molar-refractivity contribution is 0.0993. The zero-order valence-electron chi connectivity index (χ0n) is 16.0. The molecular weight excluding hydrogens is 393 g/mol. The van der Waals surface area contributed by atoms with Crippen molar-refractivity contribution in [1.29, 1.82) is 0 Å². The maximum Gasteiger partial charge on any atom is 0.244 e. The zero-order chi connectivity index (χ0) is 21.0. The fraction of sp³-hybridized carbons (Fsp3) is 0.136. The minimum Gasteiger partial charge on any atom is -0.495 e. The van der Waals surface area contributed by atoms with Gasteiger partial charge in [0.05, 0.1) is 19.2 Å². The monoisotopic (exact) mass is 413 g/mol. The molecule has 0 aliphatic carbocycles. The number of aryl methyl sites for hydroxylation is 1. The second-order valence-electron chi connectivity index (χ2n) is 6.42. The molecule has 0 atom stereocenters. The van der Waals surface area contributed by atoms with Crippen molar-refractivity contribution in [2.45, 2.75) is 11.8 Å². The first-order chi connectivity index (χ1) is 13.8. The smallest absolute Gasteiger partial charge is 0.244 e. The Labute approximate surface area is 169 Å². The fourth-order valence-electron chi connectivity index (χ4n) is 2.94. The first-order valence-corrected chi connectivity index (χ1v) is 10.3. The van der Waals surface area contributed by atoms with Crippen LogP contribution in [0.5, 0.6) is 5.75 Å². The standard InChI is InChI=1S/C22H20FNO4S/c1-15-12-17(16-8-4-3-5-9-16)13-18(22(15)23)19(25)14-24-29(26,27)21-11-7-6-10-20(21)28-2/h3-13,24H,14H2,1-2H3. The van der Waals surface area contributed by atoms with E-state index < -0.39 is 28.2 Å². The molecule has 0 bridgehead atoms. The Morgan fingerprint density at radius 2 is 1.66 bits per heavy atom. The Morgan fingerprint density at radius 3 is 2.34 bits per heavy atom. The number of hydrogen-bond acceptors (Lipinski definition) is 4. The summed E-state index contributed by atoms with van der Waals surface area (Å²) >= 11 is 0. The number of benzene rings is 3. The molecule has 3 aromatic rings. The molecule has 0 saturated carbocycles. The van der Waals surface area contributed by atoms with Gasteiger partial charge >= 0.3 is 0 Å². The van der Waals surface area contributed by atoms with Crippen molar-refractivity contribution >= 4 is 15.8 Å². The van der Waals surface area contributed by atoms with Crippen molar-refractivity contribution in [3.63, 3.8) is 0 Å². The van der Waals surface area contributed by atoms with Crippen LogP contribution in [0.4, 0.5) is 4.39 Å². The summed E-state index contributed by atoms with van der Waals surface area (Å²) in [5, 5.41) is 0. The number of halogens is 1. The van der Waals surface area contributed by atoms with Crippen LogP contribution in [-0.2, 0) is 10.0 Å². The van der Waals surface area contributed by atoms with Crippen LogP contribution < -0.4 is 9.46 Å². The van der Waals surface area contributed by atoms with Crippen LogP contribution in [0.1, 0.15) is 15.9 Å². The second-order valence-corrected chi connectivity index (χ2v) is 8.15. The van der Waals surface area contributed by atoms with Crippen molar-refractivity contribution in [1.82, 2.24) is 4.72 Å². The highest BCUT2D eigenvalue weighted by Gasteiger charge is 2.22. The van der Waals surface area contributed by atoms with E-state index in [1.54, 1.807) is 25.1 Å². The Bertz CT molecular complexity index is 1140. The molecule has 0 aliphatic heterocycles. The minimum atomic E-state index is -4.01. The molecule has 29 heavy (non-hydrogen) atoms. The summed E-state index contributed by atoms with van der Waals surface area (Å²) in [4.78, 5) is 12.5. The largest absolute Gasteiger partial charge is 0.495 e. The van der Waals surface area contributed by atoms with Crippen molar-refractivity contribution in [2.24, 2.45) is 0 Å². The molecule has 0 spiro atoms. The average Bonchev–Trinajstić information content (AvgIpc) is 2.74. The van der Waals surface area contributed by atoms with E-state index in [0.29, 0.717) is 11.1 Å². The molecule has 0 radical (unpaired) electrons. The molecule has 0 saturated heterocycles. The van der Waals surface area contributed by atoms with Gasteiger partial charge in [0.25, 0.3) is 0 Å². The number of ether oxygens (including phenoxy) is 1. The molecule has 150 valence electrons. The Balaban J connectivity index is 1.87. The number of hydrogen-bond donors (Lipinski definition) is 1. The summed E-state index contributed by atoms with van der Waals surface area (Å²) in [6, 6.07) is 18.4. The quantitative estimate of drug-likeness (QED) is 0.595. The van der Waals surface area contributed by atoms with Crippen LogP contribution >= 0.6 is 0 Å². The van der Waals surface area contributed by atoms with Crippen molar-refractivity contribution in [2.75, 3.05) is 13.7 Å². The molecule has 5 nitrogen and oxygen atoms in total. The number of sulfonamides is 1. The molecule has 0 unspecified atom stereocenters. The number of carbonyl (C=O) groups is 1. The molecule has 0 fully saturated rings. The lowest BCUT2D eigenvalue weighted by Gasteiger charge is -2.12. The van der Waals surface area contributed by atoms with Gasteiger partial charge < -0.3 is 4.74 Å². The van der Waals surface area contributed by atoms with Gasteiger partial charge in [0.1, 0.15) is 16.5 Å². The van der Waals surface area contributed by atoms with E-state index in [1.165, 1.54) is 25.3 Å². The summed E-state index contributed by atoms with van der Waals surface area (Å²) in [6.45, 7) is 0.993. The number of Topliss-reactive ketones (excluding diaryl/α,β-unsaturated/α-hetero) is 1. The SMILES string of the molecule is COc1ccccc1S(=O)(=O)NCC(=O)c1cc(-c2ccccc2)cc(C)c1F. The van der Waals surface area contributed by atoms with Gasteiger partial charge in [0.2, 0.25) is 10.0 Å². The Hall–Kier alpha value is -3.03. The number of para-hydroxylation sites is 1. The second kappa shape index (κ2) is 8.55. The summed E-state index contributed by atoms with van der Waals surface area (Å²) in [7, 11) is -2.66. The highest BCUT2D eigenvalue weighted by atomic mass is 32.2. The lowest BCUT2D eigenvalue weighted by atomic mass is 9.98. The topological polar surface area (TPSA) is 72.5 Å². The number of carbonyl (C=O) groups excluding carboxylic acids is 1. The molecule has 3 rings (SSSR count). The summed E-state index contributed by atoms with van der Waals surface area (Å²) in [5.74, 6) is -1.17. The lowest BCUT2D eigenvalue weighted by Crippen LogP contribution is -2.30. The fourth-order valence-corrected chi connectivity index (χ4v) is 4.09. The number of nitrogens with one attached hydrogen (secondary N) is 1. The summed E-state index contributed by atoms with van der Waals surface area (Å²) in [6.07, 6.45) is 0. The normalized spacial score (nSPS) is 11.3. The predicted molar refractivity (Wildman–Crippen MR) is 109 cm³/mol. The molecular formula is C22H20FNO4S. The van der Waals surface area contributed by atoms with Crippen LogP contribution in [0, 0.1) is 12.7 Å². The first-order valence-electron chi connectivity index (χ1n) is 8.85. The summed E-state index contributed by atoms with van der Waals surface area (Å²) in [5.41, 5.74) is 1.66. The molecule has 0 heterocycles. The van der Waals surface area contributed by atoms with E-state index in [4.69, 9.17) is 4.74 Å². The third-order valence-corrected chi connectivity index (χ3v) is 5.88. The first kappa shape index (κ1) is 20.7. The molecule has 0 aromatic heterocycles. The maximum atomic E-state index is 14.6. The van der Waals surface area contributed by atoms with Crippen LogP contribution in [0.2, 0.25) is 0 Å². The number of methoxy groups -OCH3 is 1. The van der Waals surface area contributed by atoms with E-state index in [-0.39, 0.29) is 16.2 Å². The molecule has 0 aliphatic rings. The van der Waals surface area contributed by atoms with E-state index in [1.807, 2.05) is 30.3 Å². The average molecular weight is 413 g/mol. The van der Waals surface area contributed by atoms with Gasteiger partial charge in [-0.3, -0.25) is 4.79 Å². The number of rotatable bonds is 7. The van der Waals surface area contributed by atoms with Gasteiger partial charge in [0, 0.05) is 0 Å². The van der Waals surface area contributed by atoms with Gasteiger partial charge in [-0.05, 0) is 47.9 Å². The predicted octanol–water partition coefficient (Wildman–Crippen LogP) is 3.97. The van der Waals surface area contributed by atoms with Crippen molar-refractivity contribution in [3.05, 3.63) is 83.7 Å². The molecule has 0 amide bonds. The molecule has 1 N–H and O–H groups in total. The number of ketones is 1. The third kappa shape index (κ3) is 4.52. The van der Waals surface area contributed by atoms with Crippen LogP contribution in [0.3, 0.4) is 0 Å². The van der Waals surface area contributed by atoms with Crippen molar-refractivity contribution < 1.29 is 22.3 Å². The Morgan fingerprint density at radius 1 is 1.00 bits per heavy atom. The molecule has 7 heteroatoms. The molecule has 3 aromatic carbocycles. The maximum absolute atomic E-state index is 14.6. The van der Waals surface area contributed by atoms with E-state index in [0.717, 1.165) is 5.56 Å². The van der Waals surface area contributed by atoms with E-state index >= 15 is 0 Å². The van der Waals surface area contributed by atoms with E-state index in [2.05, 4.69) is 4.72 Å².